The van der Waals surface area contributed by atoms with Gasteiger partial charge in [0.15, 0.2) is 5.76 Å². The number of sulfonamides is 1. The number of oxazole rings is 1. The number of carbonyl (C=O) groups excluding carboxylic acids is 1. The minimum Gasteiger partial charge on any atom is -0.408 e. The van der Waals surface area contributed by atoms with Crippen LogP contribution >= 0.6 is 0 Å². The van der Waals surface area contributed by atoms with Crippen LogP contribution in [0.3, 0.4) is 0 Å². The summed E-state index contributed by atoms with van der Waals surface area (Å²) in [5.74, 6) is -0.426. The lowest BCUT2D eigenvalue weighted by Crippen LogP contribution is -2.51. The topological polar surface area (TPSA) is 92.8 Å². The lowest BCUT2D eigenvalue weighted by atomic mass is 10.1. The molecule has 26 heavy (non-hydrogen) atoms. The maximum absolute atomic E-state index is 12.4. The molecule has 2 aromatic rings. The monoisotopic (exact) mass is 379 g/mol. The predicted molar refractivity (Wildman–Crippen MR) is 96.1 cm³/mol. The third-order valence-corrected chi connectivity index (χ3v) is 5.71. The third kappa shape index (κ3) is 4.05. The second-order valence-corrected chi connectivity index (χ2v) is 8.38. The summed E-state index contributed by atoms with van der Waals surface area (Å²) in [6, 6.07) is 7.53. The Morgan fingerprint density at radius 2 is 1.73 bits per heavy atom. The summed E-state index contributed by atoms with van der Waals surface area (Å²) in [5, 5.41) is 0. The molecule has 0 atom stereocenters. The lowest BCUT2D eigenvalue weighted by molar-refractivity contribution is -0.133. The number of carbonyl (C=O) groups is 1. The fourth-order valence-corrected chi connectivity index (χ4v) is 3.68. The molecule has 140 valence electrons. The molecule has 9 heteroatoms. The average Bonchev–Trinajstić information content (AvgIpc) is 2.95. The van der Waals surface area contributed by atoms with Crippen molar-refractivity contribution in [2.24, 2.45) is 0 Å². The predicted octanol–water partition coefficient (Wildman–Crippen LogP) is 0.521. The molecule has 0 N–H and O–H groups in total. The minimum absolute atomic E-state index is 0.132. The molecular weight excluding hydrogens is 358 g/mol. The first-order valence-electron chi connectivity index (χ1n) is 8.24. The van der Waals surface area contributed by atoms with Crippen molar-refractivity contribution in [2.75, 3.05) is 32.4 Å². The van der Waals surface area contributed by atoms with Gasteiger partial charge < -0.3 is 9.32 Å². The number of aromatic nitrogens is 1. The average molecular weight is 379 g/mol. The zero-order chi connectivity index (χ0) is 18.9. The highest BCUT2D eigenvalue weighted by molar-refractivity contribution is 7.88. The van der Waals surface area contributed by atoms with Gasteiger partial charge in [0.25, 0.3) is 0 Å². The van der Waals surface area contributed by atoms with Gasteiger partial charge in [0.2, 0.25) is 15.9 Å². The number of amides is 1. The van der Waals surface area contributed by atoms with Crippen molar-refractivity contribution in [1.82, 2.24) is 13.8 Å². The van der Waals surface area contributed by atoms with E-state index in [4.69, 9.17) is 4.42 Å². The van der Waals surface area contributed by atoms with Gasteiger partial charge in [0, 0.05) is 31.7 Å². The fourth-order valence-electron chi connectivity index (χ4n) is 2.85. The number of nitrogens with zero attached hydrogens (tertiary/aromatic N) is 3. The van der Waals surface area contributed by atoms with Gasteiger partial charge in [-0.25, -0.2) is 13.2 Å². The summed E-state index contributed by atoms with van der Waals surface area (Å²) in [4.78, 5) is 26.0. The Hall–Kier alpha value is -2.39. The molecule has 1 amide bonds. The van der Waals surface area contributed by atoms with E-state index in [1.54, 1.807) is 4.90 Å². The maximum atomic E-state index is 12.4. The summed E-state index contributed by atoms with van der Waals surface area (Å²) in [5.41, 5.74) is 1.86. The SMILES string of the molecule is Cc1ccc(-c2cn(CC(=O)N3CCN(S(C)(=O)=O)CC3)c(=O)o2)cc1. The highest BCUT2D eigenvalue weighted by atomic mass is 32.2. The summed E-state index contributed by atoms with van der Waals surface area (Å²) in [7, 11) is -3.25. The minimum atomic E-state index is -3.25. The van der Waals surface area contributed by atoms with Crippen molar-refractivity contribution in [3.8, 4) is 11.3 Å². The van der Waals surface area contributed by atoms with Crippen molar-refractivity contribution >= 4 is 15.9 Å². The van der Waals surface area contributed by atoms with Crippen molar-refractivity contribution in [1.29, 1.82) is 0 Å². The van der Waals surface area contributed by atoms with Crippen molar-refractivity contribution in [3.63, 3.8) is 0 Å². The first kappa shape index (κ1) is 18.4. The number of benzene rings is 1. The van der Waals surface area contributed by atoms with Crippen LogP contribution in [-0.2, 0) is 21.4 Å². The standard InChI is InChI=1S/C17H21N3O5S/c1-13-3-5-14(6-4-13)15-11-19(17(22)25-15)12-16(21)18-7-9-20(10-8-18)26(2,23)24/h3-6,11H,7-10,12H2,1-2H3. The lowest BCUT2D eigenvalue weighted by Gasteiger charge is -2.33. The summed E-state index contributed by atoms with van der Waals surface area (Å²) in [6.45, 7) is 2.98. The van der Waals surface area contributed by atoms with Crippen LogP contribution in [-0.4, -0.2) is 60.5 Å². The summed E-state index contributed by atoms with van der Waals surface area (Å²) < 4.78 is 30.9. The summed E-state index contributed by atoms with van der Waals surface area (Å²) >= 11 is 0. The summed E-state index contributed by atoms with van der Waals surface area (Å²) in [6.07, 6.45) is 2.68. The maximum Gasteiger partial charge on any atom is 0.419 e. The van der Waals surface area contributed by atoms with E-state index < -0.39 is 15.8 Å². The van der Waals surface area contributed by atoms with E-state index >= 15 is 0 Å². The van der Waals surface area contributed by atoms with Gasteiger partial charge >= 0.3 is 5.76 Å². The van der Waals surface area contributed by atoms with Crippen LogP contribution in [0.4, 0.5) is 0 Å². The van der Waals surface area contributed by atoms with Gasteiger partial charge in [-0.15, -0.1) is 0 Å². The second kappa shape index (κ2) is 7.08. The van der Waals surface area contributed by atoms with E-state index in [2.05, 4.69) is 0 Å². The molecule has 1 aromatic carbocycles. The Kier molecular flexibility index (Phi) is 5.01. The molecule has 0 radical (unpaired) electrons. The van der Waals surface area contributed by atoms with Crippen LogP contribution in [0.25, 0.3) is 11.3 Å². The van der Waals surface area contributed by atoms with E-state index in [-0.39, 0.29) is 25.5 Å². The Bertz CT molecular complexity index is 951. The third-order valence-electron chi connectivity index (χ3n) is 4.41. The van der Waals surface area contributed by atoms with Gasteiger partial charge in [-0.1, -0.05) is 29.8 Å². The molecule has 1 fully saturated rings. The van der Waals surface area contributed by atoms with Crippen LogP contribution in [0.1, 0.15) is 5.56 Å². The molecule has 0 aliphatic carbocycles. The number of aryl methyl sites for hydroxylation is 1. The van der Waals surface area contributed by atoms with E-state index in [0.717, 1.165) is 17.4 Å². The highest BCUT2D eigenvalue weighted by Crippen LogP contribution is 2.18. The molecule has 0 saturated carbocycles. The Morgan fingerprint density at radius 1 is 1.12 bits per heavy atom. The molecular formula is C17H21N3O5S. The molecule has 1 aromatic heterocycles. The largest absolute Gasteiger partial charge is 0.419 e. The molecule has 0 unspecified atom stereocenters. The number of hydrogen-bond acceptors (Lipinski definition) is 5. The highest BCUT2D eigenvalue weighted by Gasteiger charge is 2.26. The van der Waals surface area contributed by atoms with E-state index in [1.165, 1.54) is 15.1 Å². The van der Waals surface area contributed by atoms with Gasteiger partial charge in [-0.2, -0.15) is 4.31 Å². The van der Waals surface area contributed by atoms with E-state index in [9.17, 15) is 18.0 Å². The zero-order valence-electron chi connectivity index (χ0n) is 14.7. The fraction of sp³-hybridized carbons (Fsp3) is 0.412. The normalized spacial score (nSPS) is 16.0. The van der Waals surface area contributed by atoms with Crippen molar-refractivity contribution < 1.29 is 17.6 Å². The Balaban J connectivity index is 1.67. The van der Waals surface area contributed by atoms with Crippen LogP contribution < -0.4 is 5.76 Å². The van der Waals surface area contributed by atoms with Crippen LogP contribution in [0.5, 0.6) is 0 Å². The molecule has 1 saturated heterocycles. The first-order chi connectivity index (χ1) is 12.2. The molecule has 8 nitrogen and oxygen atoms in total. The number of rotatable bonds is 4. The molecule has 2 heterocycles. The molecule has 0 spiro atoms. The zero-order valence-corrected chi connectivity index (χ0v) is 15.5. The van der Waals surface area contributed by atoms with Crippen molar-refractivity contribution in [2.45, 2.75) is 13.5 Å². The first-order valence-corrected chi connectivity index (χ1v) is 10.1. The number of piperazine rings is 1. The molecule has 3 rings (SSSR count). The molecule has 1 aliphatic rings. The van der Waals surface area contributed by atoms with Crippen LogP contribution in [0.2, 0.25) is 0 Å². The van der Waals surface area contributed by atoms with Gasteiger partial charge in [0.05, 0.1) is 12.5 Å². The molecule has 1 aliphatic heterocycles. The molecule has 0 bridgehead atoms. The van der Waals surface area contributed by atoms with E-state index in [1.807, 2.05) is 31.2 Å². The Morgan fingerprint density at radius 3 is 2.31 bits per heavy atom. The Labute approximate surface area is 151 Å². The van der Waals surface area contributed by atoms with Crippen LogP contribution in [0.15, 0.2) is 39.7 Å². The smallest absolute Gasteiger partial charge is 0.408 e. The second-order valence-electron chi connectivity index (χ2n) is 6.40. The van der Waals surface area contributed by atoms with Crippen molar-refractivity contribution in [3.05, 3.63) is 46.6 Å². The van der Waals surface area contributed by atoms with Gasteiger partial charge in [-0.05, 0) is 6.92 Å². The van der Waals surface area contributed by atoms with Gasteiger partial charge in [0.1, 0.15) is 6.54 Å². The van der Waals surface area contributed by atoms with E-state index in [0.29, 0.717) is 18.8 Å². The quantitative estimate of drug-likeness (QED) is 0.772. The van der Waals surface area contributed by atoms with Gasteiger partial charge in [-0.3, -0.25) is 9.36 Å². The van der Waals surface area contributed by atoms with Crippen LogP contribution in [0, 0.1) is 6.92 Å². The number of hydrogen-bond donors (Lipinski definition) is 0.